The topological polar surface area (TPSA) is 227 Å². The first-order valence-electron chi connectivity index (χ1n) is 11.5. The SMILES string of the molecule is CCC(OC)(C(=O)[O-])C(=O)COC.CCC(OC)(C(=O)[O-])C(=O)COC.CCC(OC)(C(=O)[O-])C(=O)COC.[Al+3]. The van der Waals surface area contributed by atoms with Crippen LogP contribution in [-0.2, 0) is 57.2 Å². The van der Waals surface area contributed by atoms with E-state index in [4.69, 9.17) is 0 Å². The van der Waals surface area contributed by atoms with Gasteiger partial charge in [-0.25, -0.2) is 0 Å². The van der Waals surface area contributed by atoms with E-state index in [-0.39, 0.29) is 56.4 Å². The molecule has 0 aromatic rings. The van der Waals surface area contributed by atoms with Crippen LogP contribution in [0.15, 0.2) is 0 Å². The molecule has 0 aliphatic carbocycles. The van der Waals surface area contributed by atoms with Crippen LogP contribution in [0.25, 0.3) is 0 Å². The van der Waals surface area contributed by atoms with Crippen molar-refractivity contribution in [1.29, 1.82) is 0 Å². The molecule has 0 radical (unpaired) electrons. The van der Waals surface area contributed by atoms with E-state index >= 15 is 0 Å². The second-order valence-corrected chi connectivity index (χ2v) is 7.59. The summed E-state index contributed by atoms with van der Waals surface area (Å²) in [6, 6.07) is 0. The van der Waals surface area contributed by atoms with Gasteiger partial charge in [0.1, 0.15) is 19.8 Å². The second kappa shape index (κ2) is 22.4. The number of hydrogen-bond donors (Lipinski definition) is 0. The molecule has 228 valence electrons. The van der Waals surface area contributed by atoms with Crippen LogP contribution in [0.2, 0.25) is 0 Å². The molecule has 0 spiro atoms. The van der Waals surface area contributed by atoms with Crippen LogP contribution in [0.5, 0.6) is 0 Å². The molecule has 0 heterocycles. The number of Topliss-reactive ketones (excluding diaryl/α,β-unsaturated/α-hetero) is 3. The third-order valence-corrected chi connectivity index (χ3v) is 5.71. The normalized spacial score (nSPS) is 14.6. The number of aliphatic carboxylic acids is 3. The maximum Gasteiger partial charge on any atom is 3.00 e. The van der Waals surface area contributed by atoms with Crippen LogP contribution >= 0.6 is 0 Å². The van der Waals surface area contributed by atoms with E-state index in [1.54, 1.807) is 0 Å². The second-order valence-electron chi connectivity index (χ2n) is 7.59. The molecule has 16 heteroatoms. The average Bonchev–Trinajstić information content (AvgIpc) is 2.88. The third-order valence-electron chi connectivity index (χ3n) is 5.71. The Hall–Kier alpha value is -2.29. The van der Waals surface area contributed by atoms with E-state index in [1.165, 1.54) is 42.1 Å². The molecule has 0 N–H and O–H groups in total. The summed E-state index contributed by atoms with van der Waals surface area (Å²) in [5.74, 6) is -6.50. The molecule has 0 saturated heterocycles. The number of hydrogen-bond acceptors (Lipinski definition) is 15. The van der Waals surface area contributed by atoms with E-state index in [0.717, 1.165) is 21.3 Å². The van der Waals surface area contributed by atoms with E-state index in [0.29, 0.717) is 0 Å². The first kappa shape index (κ1) is 44.7. The van der Waals surface area contributed by atoms with E-state index < -0.39 is 52.1 Å². The molecule has 0 aliphatic rings. The number of ether oxygens (including phenoxy) is 6. The summed E-state index contributed by atoms with van der Waals surface area (Å²) in [4.78, 5) is 66.0. The summed E-state index contributed by atoms with van der Waals surface area (Å²) in [6.07, 6.45) is 0.0656. The van der Waals surface area contributed by atoms with Gasteiger partial charge in [0.25, 0.3) is 0 Å². The molecular formula is C24H39AlO15. The Morgan fingerprint density at radius 2 is 0.650 bits per heavy atom. The molecule has 0 fully saturated rings. The fourth-order valence-corrected chi connectivity index (χ4v) is 3.13. The van der Waals surface area contributed by atoms with Gasteiger partial charge < -0.3 is 58.1 Å². The van der Waals surface area contributed by atoms with Crippen molar-refractivity contribution in [3.8, 4) is 0 Å². The fourth-order valence-electron chi connectivity index (χ4n) is 3.13. The van der Waals surface area contributed by atoms with Gasteiger partial charge in [-0.2, -0.15) is 0 Å². The number of carboxylic acid groups (broad SMARTS) is 3. The quantitative estimate of drug-likeness (QED) is 0.108. The van der Waals surface area contributed by atoms with Crippen molar-refractivity contribution >= 4 is 52.6 Å². The van der Waals surface area contributed by atoms with Crippen LogP contribution in [-0.4, -0.2) is 132 Å². The van der Waals surface area contributed by atoms with Gasteiger partial charge in [-0.15, -0.1) is 0 Å². The summed E-state index contributed by atoms with van der Waals surface area (Å²) >= 11 is 0. The predicted molar refractivity (Wildman–Crippen MR) is 132 cm³/mol. The summed E-state index contributed by atoms with van der Waals surface area (Å²) in [7, 11) is 7.41. The van der Waals surface area contributed by atoms with Crippen LogP contribution in [0.1, 0.15) is 40.0 Å². The zero-order valence-corrected chi connectivity index (χ0v) is 25.6. The number of ketones is 3. The molecule has 0 bridgehead atoms. The van der Waals surface area contributed by atoms with Crippen molar-refractivity contribution in [2.75, 3.05) is 62.5 Å². The van der Waals surface area contributed by atoms with Gasteiger partial charge in [-0.3, -0.25) is 14.4 Å². The molecule has 0 saturated carbocycles. The average molecular weight is 595 g/mol. The van der Waals surface area contributed by atoms with Crippen LogP contribution in [0.3, 0.4) is 0 Å². The summed E-state index contributed by atoms with van der Waals surface area (Å²) < 4.78 is 27.6. The van der Waals surface area contributed by atoms with Gasteiger partial charge in [0.15, 0.2) is 34.2 Å². The summed E-state index contributed by atoms with van der Waals surface area (Å²) in [5, 5.41) is 32.1. The zero-order valence-electron chi connectivity index (χ0n) is 24.4. The zero-order chi connectivity index (χ0) is 31.4. The molecule has 3 atom stereocenters. The number of methoxy groups -OCH3 is 6. The van der Waals surface area contributed by atoms with Gasteiger partial charge >= 0.3 is 17.4 Å². The minimum Gasteiger partial charge on any atom is -0.546 e. The Kier molecular flexibility index (Phi) is 25.1. The summed E-state index contributed by atoms with van der Waals surface area (Å²) in [5.41, 5.74) is -5.60. The molecule has 0 amide bonds. The number of rotatable bonds is 18. The van der Waals surface area contributed by atoms with Crippen molar-refractivity contribution in [3.05, 3.63) is 0 Å². The van der Waals surface area contributed by atoms with E-state index in [2.05, 4.69) is 28.4 Å². The van der Waals surface area contributed by atoms with Crippen molar-refractivity contribution in [2.24, 2.45) is 0 Å². The van der Waals surface area contributed by atoms with Gasteiger partial charge in [0.2, 0.25) is 0 Å². The van der Waals surface area contributed by atoms with Gasteiger partial charge in [-0.1, -0.05) is 20.8 Å². The number of carboxylic acids is 3. The molecule has 3 unspecified atom stereocenters. The van der Waals surface area contributed by atoms with Gasteiger partial charge in [0, 0.05) is 42.7 Å². The first-order valence-corrected chi connectivity index (χ1v) is 11.5. The first-order chi connectivity index (χ1) is 18.1. The Labute approximate surface area is 244 Å². The van der Waals surface area contributed by atoms with Crippen LogP contribution in [0, 0.1) is 0 Å². The van der Waals surface area contributed by atoms with E-state index in [1.807, 2.05) is 0 Å². The van der Waals surface area contributed by atoms with Crippen molar-refractivity contribution in [1.82, 2.24) is 0 Å². The Morgan fingerprint density at radius 3 is 0.725 bits per heavy atom. The molecule has 0 aliphatic heterocycles. The molecule has 0 aromatic heterocycles. The minimum atomic E-state index is -1.87. The van der Waals surface area contributed by atoms with Crippen LogP contribution < -0.4 is 15.3 Å². The van der Waals surface area contributed by atoms with Crippen molar-refractivity contribution in [2.45, 2.75) is 56.8 Å². The predicted octanol–water partition coefficient (Wildman–Crippen LogP) is -4.14. The van der Waals surface area contributed by atoms with Gasteiger partial charge in [0.05, 0.1) is 17.9 Å². The smallest absolute Gasteiger partial charge is 0.546 e. The fraction of sp³-hybridized carbons (Fsp3) is 0.750. The van der Waals surface area contributed by atoms with Crippen molar-refractivity contribution in [3.63, 3.8) is 0 Å². The van der Waals surface area contributed by atoms with E-state index in [9.17, 15) is 44.1 Å². The maximum absolute atomic E-state index is 11.3. The molecule has 0 aromatic carbocycles. The van der Waals surface area contributed by atoms with Crippen molar-refractivity contribution < 1.29 is 72.5 Å². The molecule has 15 nitrogen and oxygen atoms in total. The Bertz CT molecular complexity index is 695. The third kappa shape index (κ3) is 11.7. The molecular weight excluding hydrogens is 555 g/mol. The Morgan fingerprint density at radius 1 is 0.475 bits per heavy atom. The van der Waals surface area contributed by atoms with Gasteiger partial charge in [-0.05, 0) is 19.3 Å². The maximum atomic E-state index is 11.3. The van der Waals surface area contributed by atoms with Crippen LogP contribution in [0.4, 0.5) is 0 Å². The standard InChI is InChI=1S/3C8H14O5.Al/c3*1-4-8(13-3,7(10)11)6(9)5-12-2;/h3*4-5H2,1-3H3,(H,10,11);/q;;;+3/p-3. The number of carbonyl (C=O) groups excluding carboxylic acids is 6. The molecule has 40 heavy (non-hydrogen) atoms. The Balaban J connectivity index is -0.000000240. The monoisotopic (exact) mass is 594 g/mol. The number of carbonyl (C=O) groups is 6. The summed E-state index contributed by atoms with van der Waals surface area (Å²) in [6.45, 7) is 3.72. The largest absolute Gasteiger partial charge is 3.00 e. The molecule has 0 rings (SSSR count). The minimum absolute atomic E-state index is 0.